The molecule has 0 aliphatic heterocycles. The number of hydrogen-bond donors (Lipinski definition) is 1. The molecule has 0 saturated carbocycles. The molecule has 38 heavy (non-hydrogen) atoms. The molecule has 0 fully saturated rings. The highest BCUT2D eigenvalue weighted by atomic mass is 79.9. The van der Waals surface area contributed by atoms with E-state index in [0.717, 1.165) is 26.2 Å². The van der Waals surface area contributed by atoms with Gasteiger partial charge in [0.05, 0.1) is 11.9 Å². The van der Waals surface area contributed by atoms with Crippen LogP contribution in [-0.2, 0) is 32.6 Å². The molecule has 202 valence electrons. The second-order valence-electron chi connectivity index (χ2n) is 8.95. The van der Waals surface area contributed by atoms with Gasteiger partial charge in [-0.3, -0.25) is 13.9 Å². The molecule has 3 rings (SSSR count). The number of rotatable bonds is 11. The van der Waals surface area contributed by atoms with Crippen LogP contribution in [0.2, 0.25) is 0 Å². The molecule has 0 spiro atoms. The molecule has 0 aromatic heterocycles. The molecule has 7 nitrogen and oxygen atoms in total. The molecule has 0 aliphatic rings. The van der Waals surface area contributed by atoms with Crippen molar-refractivity contribution in [1.29, 1.82) is 0 Å². The van der Waals surface area contributed by atoms with E-state index in [1.54, 1.807) is 37.3 Å². The largest absolute Gasteiger partial charge is 0.355 e. The lowest BCUT2D eigenvalue weighted by Crippen LogP contribution is -2.53. The third-order valence-electron chi connectivity index (χ3n) is 6.00. The normalized spacial score (nSPS) is 12.0. The van der Waals surface area contributed by atoms with Gasteiger partial charge in [-0.25, -0.2) is 12.8 Å². The van der Waals surface area contributed by atoms with Gasteiger partial charge in [0.25, 0.3) is 0 Å². The predicted molar refractivity (Wildman–Crippen MR) is 151 cm³/mol. The van der Waals surface area contributed by atoms with Crippen molar-refractivity contribution in [1.82, 2.24) is 10.2 Å². The molecule has 2 amide bonds. The SMILES string of the molecule is CCNC(=O)[C@H](Cc1ccccc1)N(Cc1ccc(F)cc1)C(=O)CN(c1ccc(Br)c(C)c1)S(C)(=O)=O. The number of amides is 2. The number of nitrogens with zero attached hydrogens (tertiary/aromatic N) is 2. The summed E-state index contributed by atoms with van der Waals surface area (Å²) in [5, 5.41) is 2.80. The van der Waals surface area contributed by atoms with E-state index in [1.807, 2.05) is 37.3 Å². The number of hydrogen-bond acceptors (Lipinski definition) is 4. The fourth-order valence-electron chi connectivity index (χ4n) is 4.03. The zero-order valence-corrected chi connectivity index (χ0v) is 23.9. The molecule has 10 heteroatoms. The monoisotopic (exact) mass is 603 g/mol. The Hall–Kier alpha value is -3.24. The second kappa shape index (κ2) is 13.0. The topological polar surface area (TPSA) is 86.8 Å². The molecule has 1 atom stereocenters. The number of halogens is 2. The number of aryl methyl sites for hydroxylation is 1. The number of benzene rings is 3. The fourth-order valence-corrected chi connectivity index (χ4v) is 5.12. The Morgan fingerprint density at radius 1 is 1.00 bits per heavy atom. The van der Waals surface area contributed by atoms with E-state index < -0.39 is 34.3 Å². The minimum Gasteiger partial charge on any atom is -0.355 e. The Balaban J connectivity index is 2.04. The summed E-state index contributed by atoms with van der Waals surface area (Å²) in [6.45, 7) is 3.44. The Labute approximate surface area is 231 Å². The van der Waals surface area contributed by atoms with Crippen LogP contribution in [0.25, 0.3) is 0 Å². The molecule has 0 unspecified atom stereocenters. The first kappa shape index (κ1) is 29.3. The Morgan fingerprint density at radius 3 is 2.24 bits per heavy atom. The predicted octanol–water partition coefficient (Wildman–Crippen LogP) is 4.44. The van der Waals surface area contributed by atoms with Gasteiger partial charge in [0, 0.05) is 24.0 Å². The lowest BCUT2D eigenvalue weighted by Gasteiger charge is -2.33. The van der Waals surface area contributed by atoms with Gasteiger partial charge in [0.2, 0.25) is 21.8 Å². The molecule has 0 radical (unpaired) electrons. The summed E-state index contributed by atoms with van der Waals surface area (Å²) in [6, 6.07) is 19.0. The number of anilines is 1. The van der Waals surface area contributed by atoms with E-state index in [2.05, 4.69) is 21.2 Å². The van der Waals surface area contributed by atoms with Gasteiger partial charge in [-0.2, -0.15) is 0 Å². The lowest BCUT2D eigenvalue weighted by molar-refractivity contribution is -0.140. The van der Waals surface area contributed by atoms with Crippen molar-refractivity contribution in [3.8, 4) is 0 Å². The quantitative estimate of drug-likeness (QED) is 0.351. The van der Waals surface area contributed by atoms with Crippen molar-refractivity contribution >= 4 is 43.5 Å². The zero-order valence-electron chi connectivity index (χ0n) is 21.5. The number of sulfonamides is 1. The molecular formula is C28H31BrFN3O4S. The first-order valence-electron chi connectivity index (χ1n) is 12.1. The van der Waals surface area contributed by atoms with Crippen molar-refractivity contribution in [3.63, 3.8) is 0 Å². The molecule has 0 heterocycles. The van der Waals surface area contributed by atoms with E-state index in [1.165, 1.54) is 17.0 Å². The van der Waals surface area contributed by atoms with E-state index in [0.29, 0.717) is 17.8 Å². The van der Waals surface area contributed by atoms with Crippen LogP contribution < -0.4 is 9.62 Å². The van der Waals surface area contributed by atoms with E-state index in [9.17, 15) is 22.4 Å². The summed E-state index contributed by atoms with van der Waals surface area (Å²) in [5.74, 6) is -1.35. The van der Waals surface area contributed by atoms with E-state index >= 15 is 0 Å². The molecule has 0 saturated heterocycles. The maximum absolute atomic E-state index is 13.9. The van der Waals surface area contributed by atoms with Gasteiger partial charge in [-0.1, -0.05) is 58.4 Å². The highest BCUT2D eigenvalue weighted by Crippen LogP contribution is 2.25. The van der Waals surface area contributed by atoms with Crippen LogP contribution in [0.3, 0.4) is 0 Å². The number of likely N-dealkylation sites (N-methyl/N-ethyl adjacent to an activating group) is 1. The third kappa shape index (κ3) is 7.88. The Bertz CT molecular complexity index is 1370. The van der Waals surface area contributed by atoms with Crippen LogP contribution in [0.4, 0.5) is 10.1 Å². The summed E-state index contributed by atoms with van der Waals surface area (Å²) in [5.41, 5.74) is 2.58. The fraction of sp³-hybridized carbons (Fsp3) is 0.286. The van der Waals surface area contributed by atoms with Crippen LogP contribution >= 0.6 is 15.9 Å². The molecule has 1 N–H and O–H groups in total. The van der Waals surface area contributed by atoms with Crippen LogP contribution in [-0.4, -0.2) is 50.5 Å². The summed E-state index contributed by atoms with van der Waals surface area (Å²) in [4.78, 5) is 28.5. The van der Waals surface area contributed by atoms with Crippen molar-refractivity contribution in [2.24, 2.45) is 0 Å². The maximum Gasteiger partial charge on any atom is 0.244 e. The van der Waals surface area contributed by atoms with Gasteiger partial charge in [-0.05, 0) is 60.9 Å². The zero-order chi connectivity index (χ0) is 27.9. The summed E-state index contributed by atoms with van der Waals surface area (Å²) < 4.78 is 41.0. The van der Waals surface area contributed by atoms with Gasteiger partial charge in [0.15, 0.2) is 0 Å². The molecule has 0 aliphatic carbocycles. The standard InChI is InChI=1S/C28H31BrFN3O4S/c1-4-31-28(35)26(17-21-8-6-5-7-9-21)32(18-22-10-12-23(30)13-11-22)27(34)19-33(38(3,36)37)24-14-15-25(29)20(2)16-24/h5-16,26H,4,17-19H2,1-3H3,(H,31,35)/t26-/m0/s1. The Morgan fingerprint density at radius 2 is 1.66 bits per heavy atom. The summed E-state index contributed by atoms with van der Waals surface area (Å²) in [6.07, 6.45) is 1.25. The van der Waals surface area contributed by atoms with Crippen molar-refractivity contribution in [2.45, 2.75) is 32.9 Å². The molecule has 0 bridgehead atoms. The van der Waals surface area contributed by atoms with Crippen LogP contribution in [0, 0.1) is 12.7 Å². The van der Waals surface area contributed by atoms with Crippen molar-refractivity contribution < 1.29 is 22.4 Å². The maximum atomic E-state index is 13.9. The van der Waals surface area contributed by atoms with Crippen LogP contribution in [0.1, 0.15) is 23.6 Å². The smallest absolute Gasteiger partial charge is 0.244 e. The van der Waals surface area contributed by atoms with Gasteiger partial charge in [0.1, 0.15) is 18.4 Å². The lowest BCUT2D eigenvalue weighted by atomic mass is 10.0. The highest BCUT2D eigenvalue weighted by Gasteiger charge is 2.32. The number of carbonyl (C=O) groups excluding carboxylic acids is 2. The molecule has 3 aromatic rings. The number of nitrogens with one attached hydrogen (secondary N) is 1. The third-order valence-corrected chi connectivity index (χ3v) is 8.03. The van der Waals surface area contributed by atoms with Crippen molar-refractivity contribution in [2.75, 3.05) is 23.7 Å². The van der Waals surface area contributed by atoms with Gasteiger partial charge < -0.3 is 10.2 Å². The van der Waals surface area contributed by atoms with Gasteiger partial charge >= 0.3 is 0 Å². The van der Waals surface area contributed by atoms with E-state index in [4.69, 9.17) is 0 Å². The molecule has 3 aromatic carbocycles. The van der Waals surface area contributed by atoms with Gasteiger partial charge in [-0.15, -0.1) is 0 Å². The average molecular weight is 605 g/mol. The Kier molecular flexibility index (Phi) is 10.0. The number of carbonyl (C=O) groups is 2. The second-order valence-corrected chi connectivity index (χ2v) is 11.7. The van der Waals surface area contributed by atoms with Crippen LogP contribution in [0.5, 0.6) is 0 Å². The van der Waals surface area contributed by atoms with Crippen molar-refractivity contribution in [3.05, 3.63) is 99.8 Å². The first-order valence-corrected chi connectivity index (χ1v) is 14.7. The van der Waals surface area contributed by atoms with E-state index in [-0.39, 0.29) is 18.9 Å². The highest BCUT2D eigenvalue weighted by molar-refractivity contribution is 9.10. The average Bonchev–Trinajstić information content (AvgIpc) is 2.87. The summed E-state index contributed by atoms with van der Waals surface area (Å²) in [7, 11) is -3.85. The van der Waals surface area contributed by atoms with Crippen LogP contribution in [0.15, 0.2) is 77.3 Å². The summed E-state index contributed by atoms with van der Waals surface area (Å²) >= 11 is 3.41. The minimum absolute atomic E-state index is 0.00921. The molecular weight excluding hydrogens is 573 g/mol. The minimum atomic E-state index is -3.85. The first-order chi connectivity index (χ1) is 18.0.